The number of carbonyl (C=O) groups excluding carboxylic acids is 2. The van der Waals surface area contributed by atoms with Gasteiger partial charge in [0.1, 0.15) is 16.7 Å². The van der Waals surface area contributed by atoms with Gasteiger partial charge in [0.25, 0.3) is 0 Å². The van der Waals surface area contributed by atoms with Crippen LogP contribution in [-0.4, -0.2) is 45.3 Å². The van der Waals surface area contributed by atoms with E-state index in [0.717, 1.165) is 10.6 Å². The number of ether oxygens (including phenoxy) is 1. The van der Waals surface area contributed by atoms with Crippen LogP contribution in [0, 0.1) is 17.2 Å². The fraction of sp³-hybridized carbons (Fsp3) is 0.389. The van der Waals surface area contributed by atoms with Crippen molar-refractivity contribution in [3.05, 3.63) is 34.9 Å². The SMILES string of the molecule is CN1/C(=C(\C#N)C(=O)COC(=O)C[C@@H]2CCS(=O)(=O)C2)Sc2ccccc21. The van der Waals surface area contributed by atoms with Gasteiger partial charge >= 0.3 is 5.97 Å². The first-order chi connectivity index (χ1) is 12.8. The van der Waals surface area contributed by atoms with Gasteiger partial charge < -0.3 is 9.64 Å². The maximum absolute atomic E-state index is 12.4. The Labute approximate surface area is 161 Å². The average Bonchev–Trinajstić information content (AvgIpc) is 3.14. The van der Waals surface area contributed by atoms with Crippen molar-refractivity contribution in [3.63, 3.8) is 0 Å². The number of nitriles is 1. The minimum Gasteiger partial charge on any atom is -0.457 e. The normalized spacial score (nSPS) is 22.1. The number of carbonyl (C=O) groups is 2. The molecule has 2 aliphatic heterocycles. The van der Waals surface area contributed by atoms with Crippen LogP contribution in [0.3, 0.4) is 0 Å². The van der Waals surface area contributed by atoms with Gasteiger partial charge in [0.15, 0.2) is 16.4 Å². The zero-order valence-corrected chi connectivity index (χ0v) is 16.3. The molecule has 7 nitrogen and oxygen atoms in total. The fourth-order valence-corrected chi connectivity index (χ4v) is 6.12. The van der Waals surface area contributed by atoms with Crippen molar-refractivity contribution in [1.82, 2.24) is 0 Å². The topological polar surface area (TPSA) is 105 Å². The number of anilines is 1. The zero-order chi connectivity index (χ0) is 19.6. The van der Waals surface area contributed by atoms with E-state index in [1.54, 1.807) is 11.9 Å². The molecule has 1 aromatic rings. The van der Waals surface area contributed by atoms with Crippen molar-refractivity contribution in [2.45, 2.75) is 17.7 Å². The number of rotatable bonds is 5. The molecule has 1 saturated heterocycles. The minimum atomic E-state index is -3.07. The number of fused-ring (bicyclic) bond motifs is 1. The van der Waals surface area contributed by atoms with E-state index < -0.39 is 28.2 Å². The van der Waals surface area contributed by atoms with E-state index in [2.05, 4.69) is 0 Å². The molecule has 0 radical (unpaired) electrons. The largest absolute Gasteiger partial charge is 0.457 e. The van der Waals surface area contributed by atoms with Crippen LogP contribution >= 0.6 is 11.8 Å². The van der Waals surface area contributed by atoms with Crippen LogP contribution < -0.4 is 4.90 Å². The van der Waals surface area contributed by atoms with Gasteiger partial charge in [-0.25, -0.2) is 8.42 Å². The lowest BCUT2D eigenvalue weighted by Gasteiger charge is -2.14. The lowest BCUT2D eigenvalue weighted by molar-refractivity contribution is -0.147. The molecule has 0 unspecified atom stereocenters. The van der Waals surface area contributed by atoms with Crippen LogP contribution in [0.25, 0.3) is 0 Å². The molecule has 0 saturated carbocycles. The first-order valence-electron chi connectivity index (χ1n) is 8.35. The summed E-state index contributed by atoms with van der Waals surface area (Å²) in [6.45, 7) is -0.532. The predicted octanol–water partition coefficient (Wildman–Crippen LogP) is 1.90. The first-order valence-corrected chi connectivity index (χ1v) is 11.0. The summed E-state index contributed by atoms with van der Waals surface area (Å²) in [6.07, 6.45) is 0.392. The zero-order valence-electron chi connectivity index (χ0n) is 14.7. The molecule has 1 atom stereocenters. The minimum absolute atomic E-state index is 0.0246. The molecule has 27 heavy (non-hydrogen) atoms. The van der Waals surface area contributed by atoms with Crippen LogP contribution in [0.5, 0.6) is 0 Å². The molecular formula is C18H18N2O5S2. The third-order valence-electron chi connectivity index (χ3n) is 4.49. The van der Waals surface area contributed by atoms with Gasteiger partial charge in [-0.05, 0) is 24.5 Å². The van der Waals surface area contributed by atoms with E-state index in [1.807, 2.05) is 30.3 Å². The van der Waals surface area contributed by atoms with Gasteiger partial charge in [0.2, 0.25) is 5.78 Å². The van der Waals surface area contributed by atoms with Crippen molar-refractivity contribution in [3.8, 4) is 6.07 Å². The Morgan fingerprint density at radius 3 is 2.74 bits per heavy atom. The number of ketones is 1. The van der Waals surface area contributed by atoms with E-state index in [0.29, 0.717) is 11.4 Å². The highest BCUT2D eigenvalue weighted by Gasteiger charge is 2.31. The molecular weight excluding hydrogens is 388 g/mol. The Balaban J connectivity index is 1.62. The number of Topliss-reactive ketones (excluding diaryl/α,β-unsaturated/α-hetero) is 1. The summed E-state index contributed by atoms with van der Waals surface area (Å²) in [5.74, 6) is -1.41. The molecule has 0 bridgehead atoms. The number of sulfone groups is 1. The molecule has 1 fully saturated rings. The third kappa shape index (κ3) is 4.34. The Kier molecular flexibility index (Phi) is 5.58. The van der Waals surface area contributed by atoms with Crippen molar-refractivity contribution >= 4 is 39.0 Å². The molecule has 1 aromatic carbocycles. The van der Waals surface area contributed by atoms with E-state index in [9.17, 15) is 23.3 Å². The highest BCUT2D eigenvalue weighted by Crippen LogP contribution is 2.46. The van der Waals surface area contributed by atoms with Gasteiger partial charge in [0.05, 0.1) is 17.2 Å². The standard InChI is InChI=1S/C18H18N2O5S2/c1-20-14-4-2-3-5-16(14)26-18(20)13(9-19)15(21)10-25-17(22)8-12-6-7-27(23,24)11-12/h2-5,12H,6-8,10-11H2,1H3/b18-13-/t12-/m0/s1. The van der Waals surface area contributed by atoms with Crippen LogP contribution in [0.1, 0.15) is 12.8 Å². The molecule has 0 aliphatic carbocycles. The van der Waals surface area contributed by atoms with Crippen LogP contribution in [0.2, 0.25) is 0 Å². The number of esters is 1. The molecule has 9 heteroatoms. The van der Waals surface area contributed by atoms with Gasteiger partial charge in [-0.1, -0.05) is 23.9 Å². The number of benzene rings is 1. The Bertz CT molecular complexity index is 962. The lowest BCUT2D eigenvalue weighted by atomic mass is 10.1. The first kappa shape index (κ1) is 19.5. The number of hydrogen-bond acceptors (Lipinski definition) is 8. The highest BCUT2D eigenvalue weighted by atomic mass is 32.2. The van der Waals surface area contributed by atoms with Crippen molar-refractivity contribution in [1.29, 1.82) is 5.26 Å². The summed E-state index contributed by atoms with van der Waals surface area (Å²) >= 11 is 1.32. The Hall–Kier alpha value is -2.31. The number of thioether (sulfide) groups is 1. The molecule has 0 N–H and O–H groups in total. The van der Waals surface area contributed by atoms with Gasteiger partial charge in [-0.3, -0.25) is 9.59 Å². The third-order valence-corrected chi connectivity index (χ3v) is 7.56. The second kappa shape index (κ2) is 7.74. The quantitative estimate of drug-likeness (QED) is 0.415. The average molecular weight is 406 g/mol. The number of hydrogen-bond donors (Lipinski definition) is 0. The molecule has 2 heterocycles. The molecule has 0 spiro atoms. The van der Waals surface area contributed by atoms with Gasteiger partial charge in [0, 0.05) is 18.4 Å². The Morgan fingerprint density at radius 1 is 1.37 bits per heavy atom. The molecule has 0 amide bonds. The smallest absolute Gasteiger partial charge is 0.306 e. The summed E-state index contributed by atoms with van der Waals surface area (Å²) in [5.41, 5.74) is 0.840. The second-order valence-corrected chi connectivity index (χ2v) is 9.74. The van der Waals surface area contributed by atoms with E-state index in [-0.39, 0.29) is 29.4 Å². The summed E-state index contributed by atoms with van der Waals surface area (Å²) in [7, 11) is -1.30. The number of para-hydroxylation sites is 1. The fourth-order valence-electron chi connectivity index (χ4n) is 3.10. The van der Waals surface area contributed by atoms with Gasteiger partial charge in [-0.15, -0.1) is 0 Å². The van der Waals surface area contributed by atoms with E-state index in [1.165, 1.54) is 11.8 Å². The van der Waals surface area contributed by atoms with Crippen LogP contribution in [0.15, 0.2) is 39.8 Å². The monoisotopic (exact) mass is 406 g/mol. The highest BCUT2D eigenvalue weighted by molar-refractivity contribution is 8.03. The van der Waals surface area contributed by atoms with Crippen molar-refractivity contribution in [2.75, 3.05) is 30.1 Å². The maximum atomic E-state index is 12.4. The molecule has 3 rings (SSSR count). The summed E-state index contributed by atoms with van der Waals surface area (Å²) in [6, 6.07) is 9.46. The number of nitrogens with zero attached hydrogens (tertiary/aromatic N) is 2. The molecule has 0 aromatic heterocycles. The van der Waals surface area contributed by atoms with Gasteiger partial charge in [-0.2, -0.15) is 5.26 Å². The van der Waals surface area contributed by atoms with E-state index >= 15 is 0 Å². The predicted molar refractivity (Wildman–Crippen MR) is 101 cm³/mol. The lowest BCUT2D eigenvalue weighted by Crippen LogP contribution is -2.21. The molecule has 142 valence electrons. The van der Waals surface area contributed by atoms with E-state index in [4.69, 9.17) is 4.74 Å². The summed E-state index contributed by atoms with van der Waals surface area (Å²) in [5, 5.41) is 9.93. The van der Waals surface area contributed by atoms with Crippen LogP contribution in [0.4, 0.5) is 5.69 Å². The Morgan fingerprint density at radius 2 is 2.11 bits per heavy atom. The van der Waals surface area contributed by atoms with Crippen molar-refractivity contribution < 1.29 is 22.7 Å². The van der Waals surface area contributed by atoms with Crippen LogP contribution in [-0.2, 0) is 24.2 Å². The summed E-state index contributed by atoms with van der Waals surface area (Å²) < 4.78 is 27.9. The molecule has 2 aliphatic rings. The van der Waals surface area contributed by atoms with Crippen molar-refractivity contribution in [2.24, 2.45) is 5.92 Å². The second-order valence-electron chi connectivity index (χ2n) is 6.48. The maximum Gasteiger partial charge on any atom is 0.306 e. The summed E-state index contributed by atoms with van der Waals surface area (Å²) in [4.78, 5) is 27.0.